The Kier molecular flexibility index (Phi) is 11.6. The minimum absolute atomic E-state index is 0. The summed E-state index contributed by atoms with van der Waals surface area (Å²) >= 11 is 0. The first-order valence-electron chi connectivity index (χ1n) is 4.39. The van der Waals surface area contributed by atoms with Crippen LogP contribution in [0.3, 0.4) is 0 Å². The second kappa shape index (κ2) is 9.30. The van der Waals surface area contributed by atoms with Gasteiger partial charge in [0, 0.05) is 34.1 Å². The molecule has 0 unspecified atom stereocenters. The van der Waals surface area contributed by atoms with E-state index in [2.05, 4.69) is 11.6 Å². The summed E-state index contributed by atoms with van der Waals surface area (Å²) in [6.45, 7) is 1.10. The predicted octanol–water partition coefficient (Wildman–Crippen LogP) is 1.82. The molecule has 0 saturated heterocycles. The monoisotopic (exact) mass is 260 g/mol. The third kappa shape index (κ3) is 5.93. The maximum atomic E-state index is 10.3. The molecule has 0 aromatic heterocycles. The SMILES string of the molecule is CNCC1CCC([C-]=O)CC1.[CH3-].[HH].[Y]. The molecule has 1 rings (SSSR count). The van der Waals surface area contributed by atoms with Gasteiger partial charge in [-0.05, 0) is 19.5 Å². The molecule has 0 aliphatic heterocycles. The first-order valence-corrected chi connectivity index (χ1v) is 4.39. The third-order valence-electron chi connectivity index (χ3n) is 2.51. The van der Waals surface area contributed by atoms with E-state index in [1.54, 1.807) is 0 Å². The molecule has 0 bridgehead atoms. The van der Waals surface area contributed by atoms with Crippen molar-refractivity contribution in [1.82, 2.24) is 5.32 Å². The van der Waals surface area contributed by atoms with Crippen molar-refractivity contribution in [2.45, 2.75) is 25.7 Å². The quantitative estimate of drug-likeness (QED) is 0.784. The van der Waals surface area contributed by atoms with Crippen molar-refractivity contribution >= 4 is 6.29 Å². The van der Waals surface area contributed by atoms with E-state index in [4.69, 9.17) is 0 Å². The molecule has 1 aliphatic carbocycles. The largest absolute Gasteiger partial charge is 0.542 e. The van der Waals surface area contributed by atoms with Gasteiger partial charge in [-0.25, -0.2) is 0 Å². The molecule has 13 heavy (non-hydrogen) atoms. The number of carbonyl (C=O) groups excluding carboxylic acids is 1. The van der Waals surface area contributed by atoms with Crippen molar-refractivity contribution in [3.63, 3.8) is 0 Å². The Hall–Kier alpha value is 0.734. The Morgan fingerprint density at radius 2 is 1.92 bits per heavy atom. The van der Waals surface area contributed by atoms with Crippen LogP contribution in [0, 0.1) is 19.3 Å². The summed E-state index contributed by atoms with van der Waals surface area (Å²) in [5.41, 5.74) is 0. The minimum atomic E-state index is 0. The summed E-state index contributed by atoms with van der Waals surface area (Å²) in [4.78, 5) is 10.3. The molecule has 1 saturated carbocycles. The van der Waals surface area contributed by atoms with Crippen LogP contribution in [-0.2, 0) is 37.5 Å². The summed E-state index contributed by atoms with van der Waals surface area (Å²) < 4.78 is 0. The zero-order valence-corrected chi connectivity index (χ0v) is 11.5. The fraction of sp³-hybridized carbons (Fsp3) is 0.800. The predicted molar refractivity (Wildman–Crippen MR) is 53.6 cm³/mol. The van der Waals surface area contributed by atoms with Crippen LogP contribution in [0.2, 0.25) is 0 Å². The molecule has 77 valence electrons. The van der Waals surface area contributed by atoms with Crippen LogP contribution >= 0.6 is 0 Å². The second-order valence-corrected chi connectivity index (χ2v) is 3.39. The molecule has 1 N–H and O–H groups in total. The van der Waals surface area contributed by atoms with Gasteiger partial charge in [0.1, 0.15) is 0 Å². The molecule has 1 fully saturated rings. The molecular formula is C10H21NOY-2. The summed E-state index contributed by atoms with van der Waals surface area (Å²) in [6, 6.07) is 0. The van der Waals surface area contributed by atoms with Gasteiger partial charge in [0.05, 0.1) is 0 Å². The molecular weight excluding hydrogens is 239 g/mol. The van der Waals surface area contributed by atoms with Gasteiger partial charge in [0.2, 0.25) is 0 Å². The maximum absolute atomic E-state index is 10.3. The van der Waals surface area contributed by atoms with Gasteiger partial charge < -0.3 is 17.5 Å². The topological polar surface area (TPSA) is 29.1 Å². The van der Waals surface area contributed by atoms with Gasteiger partial charge in [0.15, 0.2) is 0 Å². The Labute approximate surface area is 109 Å². The molecule has 0 heterocycles. The van der Waals surface area contributed by atoms with E-state index in [1.807, 2.05) is 7.05 Å². The Morgan fingerprint density at radius 1 is 1.38 bits per heavy atom. The summed E-state index contributed by atoms with van der Waals surface area (Å²) in [5.74, 6) is 1.03. The summed E-state index contributed by atoms with van der Waals surface area (Å²) in [6.07, 6.45) is 6.59. The van der Waals surface area contributed by atoms with Crippen LogP contribution in [0.25, 0.3) is 0 Å². The molecule has 0 aromatic rings. The number of hydrogen-bond donors (Lipinski definition) is 1. The average molecular weight is 260 g/mol. The molecule has 2 nitrogen and oxygen atoms in total. The fourth-order valence-electron chi connectivity index (χ4n) is 1.77. The first kappa shape index (κ1) is 16.2. The molecule has 0 atom stereocenters. The van der Waals surface area contributed by atoms with Crippen LogP contribution < -0.4 is 5.32 Å². The van der Waals surface area contributed by atoms with Crippen molar-refractivity contribution in [3.8, 4) is 0 Å². The van der Waals surface area contributed by atoms with Crippen LogP contribution in [0.1, 0.15) is 27.1 Å². The van der Waals surface area contributed by atoms with E-state index in [0.717, 1.165) is 25.3 Å². The van der Waals surface area contributed by atoms with Crippen molar-refractivity contribution < 1.29 is 38.9 Å². The van der Waals surface area contributed by atoms with Crippen LogP contribution in [0.5, 0.6) is 0 Å². The fourth-order valence-corrected chi connectivity index (χ4v) is 1.77. The van der Waals surface area contributed by atoms with Crippen LogP contribution in [-0.4, -0.2) is 19.9 Å². The van der Waals surface area contributed by atoms with E-state index in [9.17, 15) is 4.79 Å². The van der Waals surface area contributed by atoms with E-state index in [-0.39, 0.29) is 47.5 Å². The van der Waals surface area contributed by atoms with Crippen molar-refractivity contribution in [2.24, 2.45) is 11.8 Å². The molecule has 0 amide bonds. The summed E-state index contributed by atoms with van der Waals surface area (Å²) in [7, 11) is 1.98. The van der Waals surface area contributed by atoms with Gasteiger partial charge in [-0.2, -0.15) is 0 Å². The van der Waals surface area contributed by atoms with Gasteiger partial charge in [-0.3, -0.25) is 6.29 Å². The van der Waals surface area contributed by atoms with Gasteiger partial charge in [-0.1, -0.05) is 25.7 Å². The average Bonchev–Trinajstić information content (AvgIpc) is 2.07. The van der Waals surface area contributed by atoms with Gasteiger partial charge >= 0.3 is 0 Å². The standard InChI is InChI=1S/C9H16NO.CH3.Y.H2/c1-10-6-8-2-4-9(7-11)5-3-8;;;/h8-10H,2-6H2,1H3;1H3;;1H/q2*-1;;. The van der Waals surface area contributed by atoms with Gasteiger partial charge in [0.25, 0.3) is 0 Å². The second-order valence-electron chi connectivity index (χ2n) is 3.39. The van der Waals surface area contributed by atoms with Crippen LogP contribution in [0.15, 0.2) is 0 Å². The zero-order chi connectivity index (χ0) is 8.10. The first-order chi connectivity index (χ1) is 5.36. The van der Waals surface area contributed by atoms with E-state index < -0.39 is 0 Å². The minimum Gasteiger partial charge on any atom is -0.542 e. The Morgan fingerprint density at radius 3 is 2.31 bits per heavy atom. The maximum Gasteiger partial charge on any atom is 0 e. The number of nitrogens with one attached hydrogen (secondary N) is 1. The van der Waals surface area contributed by atoms with E-state index in [1.165, 1.54) is 12.8 Å². The smallest absolute Gasteiger partial charge is 0 e. The normalized spacial score (nSPS) is 26.8. The molecule has 1 aliphatic rings. The Balaban J connectivity index is -0.000000403. The summed E-state index contributed by atoms with van der Waals surface area (Å²) in [5, 5.41) is 3.17. The van der Waals surface area contributed by atoms with Crippen molar-refractivity contribution in [3.05, 3.63) is 7.43 Å². The molecule has 0 spiro atoms. The molecule has 1 radical (unpaired) electrons. The van der Waals surface area contributed by atoms with Crippen molar-refractivity contribution in [1.29, 1.82) is 0 Å². The van der Waals surface area contributed by atoms with Crippen molar-refractivity contribution in [2.75, 3.05) is 13.6 Å². The number of rotatable bonds is 3. The molecule has 0 aromatic carbocycles. The van der Waals surface area contributed by atoms with E-state index in [0.29, 0.717) is 0 Å². The zero-order valence-electron chi connectivity index (χ0n) is 8.68. The number of hydrogen-bond acceptors (Lipinski definition) is 2. The third-order valence-corrected chi connectivity index (χ3v) is 2.51. The van der Waals surface area contributed by atoms with Gasteiger partial charge in [-0.15, -0.1) is 5.92 Å². The van der Waals surface area contributed by atoms with E-state index >= 15 is 0 Å². The molecule has 3 heteroatoms. The Bertz CT molecular complexity index is 127. The van der Waals surface area contributed by atoms with Crippen LogP contribution in [0.4, 0.5) is 0 Å².